The average Bonchev–Trinajstić information content (AvgIpc) is 3.54. The lowest BCUT2D eigenvalue weighted by molar-refractivity contribution is 0.332. The van der Waals surface area contributed by atoms with Crippen LogP contribution in [-0.2, 0) is 37.9 Å². The zero-order valence-electron chi connectivity index (χ0n) is 44.0. The first-order valence-corrected chi connectivity index (χ1v) is 25.6. The number of benzene rings is 6. The predicted molar refractivity (Wildman–Crippen MR) is 290 cm³/mol. The highest BCUT2D eigenvalue weighted by Gasteiger charge is 2.49. The van der Waals surface area contributed by atoms with E-state index in [1.165, 1.54) is 125 Å². The number of fused-ring (bicyclic) bond motifs is 7. The lowest BCUT2D eigenvalue weighted by Crippen LogP contribution is -2.62. The van der Waals surface area contributed by atoms with Gasteiger partial charge in [-0.05, 0) is 193 Å². The van der Waals surface area contributed by atoms with Gasteiger partial charge < -0.3 is 9.80 Å². The largest absolute Gasteiger partial charge is 0.311 e. The fourth-order valence-electron chi connectivity index (χ4n) is 14.8. The summed E-state index contributed by atoms with van der Waals surface area (Å²) in [4.78, 5) is 5.46. The number of rotatable bonds is 4. The van der Waals surface area contributed by atoms with Crippen LogP contribution in [0.3, 0.4) is 0 Å². The molecule has 2 heterocycles. The SMILES string of the molecule is Cc1cc2c3c(c1)N(c1cc4c(cc1C)C(C)(C)CC4(C)C)c1cc4c(cc1B3c1ccc(C(C)(C)c3ccccc3)cc1N2c1cc2c(cc1C)C(C)(C)CC2(C)C)C(C)(C)CCC4(C)C. The molecule has 5 aliphatic rings. The third-order valence-electron chi connectivity index (χ3n) is 18.2. The van der Waals surface area contributed by atoms with Gasteiger partial charge in [0.2, 0.25) is 0 Å². The van der Waals surface area contributed by atoms with Crippen molar-refractivity contribution in [2.45, 2.75) is 181 Å². The zero-order valence-corrected chi connectivity index (χ0v) is 44.0. The van der Waals surface area contributed by atoms with Crippen molar-refractivity contribution in [3.05, 3.63) is 158 Å². The van der Waals surface area contributed by atoms with E-state index in [1.54, 1.807) is 0 Å². The average molecular weight is 883 g/mol. The van der Waals surface area contributed by atoms with E-state index in [4.69, 9.17) is 0 Å². The van der Waals surface area contributed by atoms with Gasteiger partial charge in [-0.25, -0.2) is 0 Å². The van der Waals surface area contributed by atoms with E-state index in [2.05, 4.69) is 225 Å². The first-order chi connectivity index (χ1) is 31.1. The van der Waals surface area contributed by atoms with Crippen molar-refractivity contribution >= 4 is 57.2 Å². The maximum atomic E-state index is 2.74. The van der Waals surface area contributed by atoms with Crippen LogP contribution in [0, 0.1) is 20.8 Å². The molecule has 0 bridgehead atoms. The van der Waals surface area contributed by atoms with Crippen molar-refractivity contribution < 1.29 is 0 Å². The molecule has 6 aromatic carbocycles. The minimum absolute atomic E-state index is 0.0540. The second-order valence-corrected chi connectivity index (χ2v) is 26.6. The molecule has 0 atom stereocenters. The monoisotopic (exact) mass is 883 g/mol. The van der Waals surface area contributed by atoms with Gasteiger partial charge in [0, 0.05) is 39.5 Å². The van der Waals surface area contributed by atoms with Crippen LogP contribution in [0.1, 0.15) is 184 Å². The molecule has 0 N–H and O–H groups in total. The Bertz CT molecular complexity index is 3100. The summed E-state index contributed by atoms with van der Waals surface area (Å²) in [5, 5.41) is 0. The Balaban J connectivity index is 1.26. The maximum absolute atomic E-state index is 2.74. The highest BCUT2D eigenvalue weighted by atomic mass is 15.2. The Morgan fingerprint density at radius 2 is 0.821 bits per heavy atom. The summed E-state index contributed by atoms with van der Waals surface area (Å²) >= 11 is 0. The second-order valence-electron chi connectivity index (χ2n) is 26.6. The number of nitrogens with zero attached hydrogens (tertiary/aromatic N) is 2. The molecular formula is C64H75BN2. The summed E-state index contributed by atoms with van der Waals surface area (Å²) in [6, 6.07) is 39.5. The molecule has 344 valence electrons. The van der Waals surface area contributed by atoms with E-state index in [1.807, 2.05) is 0 Å². The zero-order chi connectivity index (χ0) is 47.9. The molecule has 0 unspecified atom stereocenters. The Hall–Kier alpha value is -5.02. The van der Waals surface area contributed by atoms with Crippen LogP contribution in [0.2, 0.25) is 0 Å². The van der Waals surface area contributed by atoms with E-state index in [-0.39, 0.29) is 44.6 Å². The fourth-order valence-corrected chi connectivity index (χ4v) is 14.8. The van der Waals surface area contributed by atoms with Gasteiger partial charge in [0.05, 0.1) is 0 Å². The van der Waals surface area contributed by atoms with Crippen molar-refractivity contribution in [2.24, 2.45) is 0 Å². The molecule has 0 spiro atoms. The molecule has 11 rings (SSSR count). The van der Waals surface area contributed by atoms with Gasteiger partial charge in [-0.15, -0.1) is 0 Å². The van der Waals surface area contributed by atoms with Crippen molar-refractivity contribution in [2.75, 3.05) is 9.80 Å². The van der Waals surface area contributed by atoms with Crippen LogP contribution in [0.4, 0.5) is 34.1 Å². The third kappa shape index (κ3) is 6.34. The van der Waals surface area contributed by atoms with Crippen molar-refractivity contribution in [1.82, 2.24) is 0 Å². The number of anilines is 6. The van der Waals surface area contributed by atoms with Gasteiger partial charge in [0.25, 0.3) is 6.71 Å². The van der Waals surface area contributed by atoms with Gasteiger partial charge in [0.15, 0.2) is 0 Å². The molecular weight excluding hydrogens is 808 g/mol. The summed E-state index contributed by atoms with van der Waals surface area (Å²) in [5.74, 6) is 0. The standard InChI is InChI=1S/C64H75BN2/c1-38-27-55-57-56(28-38)67(52-34-48-44(30-40(52)3)61(10,11)37-63(48,14)15)54-35-46-45(58(4,5)25-26-59(46,6)7)32-50(54)65(57)49-24-23-42(64(16,17)41-21-19-18-20-22-41)31-53(49)66(55)51-33-47-43(29-39(51)2)60(8,9)36-62(47,12)13/h18-24,27-35H,25-26,36-37H2,1-17H3. The van der Waals surface area contributed by atoms with Crippen LogP contribution in [-0.4, -0.2) is 6.71 Å². The molecule has 0 saturated heterocycles. The summed E-state index contributed by atoms with van der Waals surface area (Å²) in [7, 11) is 0. The van der Waals surface area contributed by atoms with Gasteiger partial charge in [-0.3, -0.25) is 0 Å². The smallest absolute Gasteiger partial charge is 0.252 e. The molecule has 2 nitrogen and oxygen atoms in total. The summed E-state index contributed by atoms with van der Waals surface area (Å²) in [6.07, 6.45) is 4.66. The number of hydrogen-bond donors (Lipinski definition) is 0. The third-order valence-corrected chi connectivity index (χ3v) is 18.2. The maximum Gasteiger partial charge on any atom is 0.252 e. The fraction of sp³-hybridized carbons (Fsp3) is 0.438. The second kappa shape index (κ2) is 13.8. The molecule has 2 aliphatic heterocycles. The minimum Gasteiger partial charge on any atom is -0.311 e. The lowest BCUT2D eigenvalue weighted by Gasteiger charge is -2.48. The van der Waals surface area contributed by atoms with E-state index >= 15 is 0 Å². The predicted octanol–water partition coefficient (Wildman–Crippen LogP) is 15.3. The van der Waals surface area contributed by atoms with Crippen molar-refractivity contribution in [3.63, 3.8) is 0 Å². The minimum atomic E-state index is -0.206. The van der Waals surface area contributed by atoms with E-state index in [0.717, 1.165) is 12.8 Å². The Morgan fingerprint density at radius 1 is 0.403 bits per heavy atom. The van der Waals surface area contributed by atoms with Gasteiger partial charge in [-0.2, -0.15) is 0 Å². The van der Waals surface area contributed by atoms with Crippen LogP contribution in [0.15, 0.2) is 97.1 Å². The Morgan fingerprint density at radius 3 is 1.31 bits per heavy atom. The van der Waals surface area contributed by atoms with Gasteiger partial charge >= 0.3 is 0 Å². The lowest BCUT2D eigenvalue weighted by atomic mass is 9.33. The molecule has 0 fully saturated rings. The topological polar surface area (TPSA) is 6.48 Å². The van der Waals surface area contributed by atoms with Crippen LogP contribution in [0.5, 0.6) is 0 Å². The van der Waals surface area contributed by atoms with E-state index in [9.17, 15) is 0 Å². The Labute approximate surface area is 404 Å². The molecule has 6 aromatic rings. The summed E-state index contributed by atoms with van der Waals surface area (Å²) in [6.45, 7) is 41.6. The van der Waals surface area contributed by atoms with Crippen molar-refractivity contribution in [1.29, 1.82) is 0 Å². The van der Waals surface area contributed by atoms with Crippen LogP contribution >= 0.6 is 0 Å². The van der Waals surface area contributed by atoms with Gasteiger partial charge in [-0.1, -0.05) is 158 Å². The molecule has 3 aliphatic carbocycles. The molecule has 0 aromatic heterocycles. The highest BCUT2D eigenvalue weighted by Crippen LogP contribution is 2.56. The van der Waals surface area contributed by atoms with Gasteiger partial charge in [0.1, 0.15) is 0 Å². The molecule has 0 radical (unpaired) electrons. The van der Waals surface area contributed by atoms with E-state index in [0.29, 0.717) is 0 Å². The van der Waals surface area contributed by atoms with Crippen LogP contribution < -0.4 is 26.2 Å². The van der Waals surface area contributed by atoms with E-state index < -0.39 is 0 Å². The molecule has 0 amide bonds. The Kier molecular flexibility index (Phi) is 9.18. The highest BCUT2D eigenvalue weighted by molar-refractivity contribution is 7.00. The number of aryl methyl sites for hydroxylation is 3. The molecule has 67 heavy (non-hydrogen) atoms. The summed E-state index contributed by atoms with van der Waals surface area (Å²) < 4.78 is 0. The first-order valence-electron chi connectivity index (χ1n) is 25.6. The molecule has 0 saturated carbocycles. The van der Waals surface area contributed by atoms with Crippen LogP contribution in [0.25, 0.3) is 0 Å². The summed E-state index contributed by atoms with van der Waals surface area (Å²) in [5.41, 5.74) is 28.2. The number of hydrogen-bond acceptors (Lipinski definition) is 2. The normalized spacial score (nSPS) is 20.4. The van der Waals surface area contributed by atoms with Crippen molar-refractivity contribution in [3.8, 4) is 0 Å². The first kappa shape index (κ1) is 44.5. The quantitative estimate of drug-likeness (QED) is 0.163. The molecule has 3 heteroatoms.